The number of amides is 1. The van der Waals surface area contributed by atoms with Crippen LogP contribution in [0, 0.1) is 12.8 Å². The van der Waals surface area contributed by atoms with Crippen LogP contribution in [0.2, 0.25) is 0 Å². The fraction of sp³-hybridized carbons (Fsp3) is 0.727. The summed E-state index contributed by atoms with van der Waals surface area (Å²) in [6.07, 6.45) is 2.11. The molecule has 94 valence electrons. The first-order valence-electron chi connectivity index (χ1n) is 5.95. The molecule has 17 heavy (non-hydrogen) atoms. The summed E-state index contributed by atoms with van der Waals surface area (Å²) in [6.45, 7) is 4.99. The lowest BCUT2D eigenvalue weighted by molar-refractivity contribution is 0.0517. The van der Waals surface area contributed by atoms with Crippen molar-refractivity contribution in [2.24, 2.45) is 11.7 Å². The van der Waals surface area contributed by atoms with Gasteiger partial charge < -0.3 is 15.2 Å². The zero-order valence-electron chi connectivity index (χ0n) is 10.2. The minimum atomic E-state index is -0.177. The van der Waals surface area contributed by atoms with Crippen LogP contribution in [0.5, 0.6) is 0 Å². The van der Waals surface area contributed by atoms with E-state index < -0.39 is 0 Å². The van der Waals surface area contributed by atoms with E-state index in [1.165, 1.54) is 0 Å². The molecule has 0 saturated carbocycles. The molecule has 0 aromatic carbocycles. The van der Waals surface area contributed by atoms with Crippen LogP contribution < -0.4 is 5.73 Å². The number of rotatable bonds is 2. The zero-order valence-corrected chi connectivity index (χ0v) is 10.2. The van der Waals surface area contributed by atoms with Crippen LogP contribution in [0.15, 0.2) is 4.52 Å². The predicted octanol–water partition coefficient (Wildman–Crippen LogP) is 0.577. The van der Waals surface area contributed by atoms with E-state index >= 15 is 0 Å². The van der Waals surface area contributed by atoms with Crippen molar-refractivity contribution in [2.75, 3.05) is 13.1 Å². The van der Waals surface area contributed by atoms with Crippen molar-refractivity contribution in [3.05, 3.63) is 11.7 Å². The van der Waals surface area contributed by atoms with E-state index in [0.717, 1.165) is 19.4 Å². The molecule has 1 aliphatic rings. The van der Waals surface area contributed by atoms with Crippen molar-refractivity contribution in [1.82, 2.24) is 15.0 Å². The SMILES string of the molecule is Cc1nc(C(=O)N2CCCC(C)C2CN)no1. The van der Waals surface area contributed by atoms with Gasteiger partial charge in [0.2, 0.25) is 5.89 Å². The summed E-state index contributed by atoms with van der Waals surface area (Å²) in [6, 6.07) is 0.0788. The maximum absolute atomic E-state index is 12.2. The number of aromatic nitrogens is 2. The molecule has 0 radical (unpaired) electrons. The van der Waals surface area contributed by atoms with E-state index in [1.54, 1.807) is 11.8 Å². The molecule has 0 spiro atoms. The Balaban J connectivity index is 2.17. The van der Waals surface area contributed by atoms with Crippen LogP contribution in [0.4, 0.5) is 0 Å². The maximum atomic E-state index is 12.2. The first-order valence-corrected chi connectivity index (χ1v) is 5.95. The highest BCUT2D eigenvalue weighted by atomic mass is 16.5. The van der Waals surface area contributed by atoms with Crippen LogP contribution in [0.3, 0.4) is 0 Å². The quantitative estimate of drug-likeness (QED) is 0.814. The van der Waals surface area contributed by atoms with Crippen LogP contribution in [0.25, 0.3) is 0 Å². The molecule has 1 fully saturated rings. The number of hydrogen-bond acceptors (Lipinski definition) is 5. The first-order chi connectivity index (χ1) is 8.13. The number of piperidine rings is 1. The summed E-state index contributed by atoms with van der Waals surface area (Å²) < 4.78 is 4.83. The van der Waals surface area contributed by atoms with Gasteiger partial charge in [-0.25, -0.2) is 0 Å². The molecule has 2 unspecified atom stereocenters. The molecular weight excluding hydrogens is 220 g/mol. The Morgan fingerprint density at radius 3 is 3.00 bits per heavy atom. The second-order valence-corrected chi connectivity index (χ2v) is 4.56. The van der Waals surface area contributed by atoms with Crippen molar-refractivity contribution in [1.29, 1.82) is 0 Å². The van der Waals surface area contributed by atoms with Gasteiger partial charge in [-0.15, -0.1) is 0 Å². The molecular formula is C11H18N4O2. The molecule has 2 rings (SSSR count). The third kappa shape index (κ3) is 2.31. The van der Waals surface area contributed by atoms with Gasteiger partial charge in [0.25, 0.3) is 11.7 Å². The van der Waals surface area contributed by atoms with Gasteiger partial charge in [0.1, 0.15) is 0 Å². The summed E-state index contributed by atoms with van der Waals surface area (Å²) >= 11 is 0. The van der Waals surface area contributed by atoms with E-state index in [1.807, 2.05) is 0 Å². The van der Waals surface area contributed by atoms with Crippen LogP contribution in [0.1, 0.15) is 36.3 Å². The number of hydrogen-bond donors (Lipinski definition) is 1. The van der Waals surface area contributed by atoms with Crippen molar-refractivity contribution >= 4 is 5.91 Å². The van der Waals surface area contributed by atoms with Crippen molar-refractivity contribution in [3.63, 3.8) is 0 Å². The fourth-order valence-electron chi connectivity index (χ4n) is 2.38. The van der Waals surface area contributed by atoms with E-state index in [0.29, 0.717) is 18.4 Å². The minimum Gasteiger partial charge on any atom is -0.339 e. The summed E-state index contributed by atoms with van der Waals surface area (Å²) in [5.41, 5.74) is 5.75. The maximum Gasteiger partial charge on any atom is 0.295 e. The molecule has 1 aromatic rings. The van der Waals surface area contributed by atoms with Crippen molar-refractivity contribution in [2.45, 2.75) is 32.7 Å². The monoisotopic (exact) mass is 238 g/mol. The van der Waals surface area contributed by atoms with Gasteiger partial charge in [0.15, 0.2) is 0 Å². The molecule has 1 aliphatic heterocycles. The number of likely N-dealkylation sites (tertiary alicyclic amines) is 1. The molecule has 1 saturated heterocycles. The van der Waals surface area contributed by atoms with Crippen LogP contribution in [-0.4, -0.2) is 40.1 Å². The highest BCUT2D eigenvalue weighted by molar-refractivity contribution is 5.90. The molecule has 2 heterocycles. The number of nitrogens with zero attached hydrogens (tertiary/aromatic N) is 3. The Hall–Kier alpha value is -1.43. The summed E-state index contributed by atoms with van der Waals surface area (Å²) in [5.74, 6) is 0.785. The topological polar surface area (TPSA) is 85.2 Å². The van der Waals surface area contributed by atoms with Gasteiger partial charge in [-0.3, -0.25) is 4.79 Å². The Morgan fingerprint density at radius 2 is 2.41 bits per heavy atom. The second kappa shape index (κ2) is 4.83. The molecule has 2 N–H and O–H groups in total. The average Bonchev–Trinajstić information content (AvgIpc) is 2.74. The average molecular weight is 238 g/mol. The zero-order chi connectivity index (χ0) is 12.4. The van der Waals surface area contributed by atoms with E-state index in [4.69, 9.17) is 10.3 Å². The smallest absolute Gasteiger partial charge is 0.295 e. The number of carbonyl (C=O) groups is 1. The molecule has 6 nitrogen and oxygen atoms in total. The Morgan fingerprint density at radius 1 is 1.65 bits per heavy atom. The summed E-state index contributed by atoms with van der Waals surface area (Å²) in [7, 11) is 0. The Bertz CT molecular complexity index is 404. The Kier molecular flexibility index (Phi) is 3.42. The molecule has 1 amide bonds. The first kappa shape index (κ1) is 12.0. The van der Waals surface area contributed by atoms with Crippen molar-refractivity contribution < 1.29 is 9.32 Å². The van der Waals surface area contributed by atoms with Gasteiger partial charge >= 0.3 is 0 Å². The normalized spacial score (nSPS) is 25.0. The molecule has 1 aromatic heterocycles. The minimum absolute atomic E-state index is 0.0788. The van der Waals surface area contributed by atoms with Crippen LogP contribution in [-0.2, 0) is 0 Å². The lowest BCUT2D eigenvalue weighted by Crippen LogP contribution is -2.51. The van der Waals surface area contributed by atoms with Crippen molar-refractivity contribution in [3.8, 4) is 0 Å². The largest absolute Gasteiger partial charge is 0.339 e. The van der Waals surface area contributed by atoms with E-state index in [2.05, 4.69) is 17.1 Å². The van der Waals surface area contributed by atoms with Gasteiger partial charge in [-0.2, -0.15) is 4.98 Å². The van der Waals surface area contributed by atoms with Gasteiger partial charge in [-0.05, 0) is 18.8 Å². The predicted molar refractivity (Wildman–Crippen MR) is 61.3 cm³/mol. The Labute approximate surface area is 100 Å². The molecule has 2 atom stereocenters. The number of aryl methyl sites for hydroxylation is 1. The van der Waals surface area contributed by atoms with Gasteiger partial charge in [-0.1, -0.05) is 12.1 Å². The van der Waals surface area contributed by atoms with Gasteiger partial charge in [0, 0.05) is 26.1 Å². The van der Waals surface area contributed by atoms with E-state index in [9.17, 15) is 4.79 Å². The third-order valence-electron chi connectivity index (χ3n) is 3.34. The molecule has 0 aliphatic carbocycles. The third-order valence-corrected chi connectivity index (χ3v) is 3.34. The summed E-state index contributed by atoms with van der Waals surface area (Å²) in [4.78, 5) is 18.0. The summed E-state index contributed by atoms with van der Waals surface area (Å²) in [5, 5.41) is 3.67. The highest BCUT2D eigenvalue weighted by Crippen LogP contribution is 2.23. The van der Waals surface area contributed by atoms with E-state index in [-0.39, 0.29) is 17.8 Å². The lowest BCUT2D eigenvalue weighted by Gasteiger charge is -2.38. The highest BCUT2D eigenvalue weighted by Gasteiger charge is 2.33. The number of nitrogens with two attached hydrogens (primary N) is 1. The van der Waals surface area contributed by atoms with Gasteiger partial charge in [0.05, 0.1) is 0 Å². The number of carbonyl (C=O) groups excluding carboxylic acids is 1. The second-order valence-electron chi connectivity index (χ2n) is 4.56. The molecule has 6 heteroatoms. The lowest BCUT2D eigenvalue weighted by atomic mass is 9.90. The standard InChI is InChI=1S/C11H18N4O2/c1-7-4-3-5-15(9(7)6-12)11(16)10-13-8(2)17-14-10/h7,9H,3-6,12H2,1-2H3. The van der Waals surface area contributed by atoms with Crippen LogP contribution >= 0.6 is 0 Å². The fourth-order valence-corrected chi connectivity index (χ4v) is 2.38. The molecule has 0 bridgehead atoms.